The molecule has 3 heterocycles. The first kappa shape index (κ1) is 18.2. The Morgan fingerprint density at radius 1 is 0.520 bits per heavy atom. The minimum atomic E-state index is -0.0102. The summed E-state index contributed by atoms with van der Waals surface area (Å²) in [6.07, 6.45) is 16.1. The minimum absolute atomic E-state index is 0.00323. The first-order chi connectivity index (χ1) is 12.3. The van der Waals surface area contributed by atoms with E-state index in [2.05, 4.69) is 0 Å². The van der Waals surface area contributed by atoms with Crippen LogP contribution in [0, 0.1) is 0 Å². The molecule has 4 aliphatic rings. The zero-order valence-corrected chi connectivity index (χ0v) is 15.8. The molecule has 3 aliphatic heterocycles. The van der Waals surface area contributed by atoms with Crippen LogP contribution in [0.4, 0.5) is 0 Å². The highest BCUT2D eigenvalue weighted by Crippen LogP contribution is 2.37. The van der Waals surface area contributed by atoms with E-state index in [-0.39, 0.29) is 23.4 Å². The Bertz CT molecular complexity index is 410. The molecule has 0 N–H and O–H groups in total. The van der Waals surface area contributed by atoms with Gasteiger partial charge in [0.1, 0.15) is 0 Å². The van der Waals surface area contributed by atoms with Crippen molar-refractivity contribution in [1.82, 2.24) is 0 Å². The highest BCUT2D eigenvalue weighted by atomic mass is 16.6. The van der Waals surface area contributed by atoms with Gasteiger partial charge in [0, 0.05) is 6.61 Å². The molecule has 1 saturated carbocycles. The van der Waals surface area contributed by atoms with Crippen molar-refractivity contribution in [3.8, 4) is 0 Å². The van der Waals surface area contributed by atoms with Crippen molar-refractivity contribution >= 4 is 0 Å². The van der Waals surface area contributed by atoms with Crippen molar-refractivity contribution in [2.24, 2.45) is 0 Å². The van der Waals surface area contributed by atoms with E-state index in [9.17, 15) is 0 Å². The molecule has 0 bridgehead atoms. The van der Waals surface area contributed by atoms with Crippen LogP contribution in [0.5, 0.6) is 0 Å². The second kappa shape index (κ2) is 8.24. The molecule has 3 saturated heterocycles. The van der Waals surface area contributed by atoms with Gasteiger partial charge in [-0.05, 0) is 57.8 Å². The Balaban J connectivity index is 1.34. The predicted octanol–water partition coefficient (Wildman–Crippen LogP) is 4.39. The summed E-state index contributed by atoms with van der Waals surface area (Å²) in [4.78, 5) is 0. The van der Waals surface area contributed by atoms with Gasteiger partial charge in [0.25, 0.3) is 0 Å². The normalized spacial score (nSPS) is 40.3. The van der Waals surface area contributed by atoms with Crippen molar-refractivity contribution in [2.45, 2.75) is 107 Å². The van der Waals surface area contributed by atoms with Gasteiger partial charge in [0.05, 0.1) is 43.2 Å². The maximum Gasteiger partial charge on any atom is 0.0915 e. The van der Waals surface area contributed by atoms with Crippen molar-refractivity contribution in [1.29, 1.82) is 0 Å². The van der Waals surface area contributed by atoms with Gasteiger partial charge >= 0.3 is 0 Å². The largest absolute Gasteiger partial charge is 0.373 e. The Labute approximate surface area is 152 Å². The summed E-state index contributed by atoms with van der Waals surface area (Å²) in [6, 6.07) is 0. The molecule has 1 aliphatic carbocycles. The number of ether oxygens (including phenoxy) is 4. The first-order valence-corrected chi connectivity index (χ1v) is 10.8. The summed E-state index contributed by atoms with van der Waals surface area (Å²) in [5.41, 5.74) is -0.0135. The predicted molar refractivity (Wildman–Crippen MR) is 96.9 cm³/mol. The molecule has 0 amide bonds. The van der Waals surface area contributed by atoms with Gasteiger partial charge in [0.15, 0.2) is 0 Å². The van der Waals surface area contributed by atoms with Crippen molar-refractivity contribution < 1.29 is 18.9 Å². The highest BCUT2D eigenvalue weighted by molar-refractivity contribution is 4.90. The van der Waals surface area contributed by atoms with Gasteiger partial charge in [-0.1, -0.05) is 25.7 Å². The number of hydrogen-bond donors (Lipinski definition) is 0. The topological polar surface area (TPSA) is 36.9 Å². The lowest BCUT2D eigenvalue weighted by Crippen LogP contribution is -2.42. The molecule has 4 rings (SSSR count). The lowest BCUT2D eigenvalue weighted by atomic mass is 9.89. The van der Waals surface area contributed by atoms with E-state index in [0.717, 1.165) is 52.1 Å². The van der Waals surface area contributed by atoms with E-state index in [4.69, 9.17) is 18.9 Å². The fraction of sp³-hybridized carbons (Fsp3) is 1.00. The Kier molecular flexibility index (Phi) is 6.01. The highest BCUT2D eigenvalue weighted by Gasteiger charge is 2.41. The molecule has 25 heavy (non-hydrogen) atoms. The fourth-order valence-corrected chi connectivity index (χ4v) is 5.28. The average Bonchev–Trinajstić information content (AvgIpc) is 3.07. The fourth-order valence-electron chi connectivity index (χ4n) is 5.28. The van der Waals surface area contributed by atoms with Crippen LogP contribution in [0.1, 0.15) is 83.5 Å². The Hall–Kier alpha value is -0.160. The van der Waals surface area contributed by atoms with Crippen LogP contribution in [0.15, 0.2) is 0 Å². The van der Waals surface area contributed by atoms with Gasteiger partial charge in [0.2, 0.25) is 0 Å². The van der Waals surface area contributed by atoms with E-state index in [1.807, 2.05) is 0 Å². The standard InChI is InChI=1S/C21H36O4/c1-2-4-11-20(10-3-1)16-23-19(9-15-25-20)18-8-7-13-21(17-22-18)12-5-6-14-24-21/h18-19H,1-17H2. The van der Waals surface area contributed by atoms with Gasteiger partial charge in [-0.15, -0.1) is 0 Å². The van der Waals surface area contributed by atoms with E-state index >= 15 is 0 Å². The Morgan fingerprint density at radius 3 is 1.72 bits per heavy atom. The molecule has 2 spiro atoms. The first-order valence-electron chi connectivity index (χ1n) is 10.8. The summed E-state index contributed by atoms with van der Waals surface area (Å²) in [7, 11) is 0. The molecule has 144 valence electrons. The SMILES string of the molecule is C1CCCC2(CC1)COC(C1CCCC3(CCCCO3)CO1)CCO2. The molecule has 4 heteroatoms. The molecular weight excluding hydrogens is 316 g/mol. The quantitative estimate of drug-likeness (QED) is 0.701. The molecule has 0 aromatic rings. The Morgan fingerprint density at radius 2 is 1.08 bits per heavy atom. The van der Waals surface area contributed by atoms with Crippen LogP contribution in [0.2, 0.25) is 0 Å². The van der Waals surface area contributed by atoms with Gasteiger partial charge in [-0.2, -0.15) is 0 Å². The second-order valence-corrected chi connectivity index (χ2v) is 8.81. The lowest BCUT2D eigenvalue weighted by molar-refractivity contribution is -0.150. The number of rotatable bonds is 1. The zero-order chi connectivity index (χ0) is 17.0. The lowest BCUT2D eigenvalue weighted by Gasteiger charge is -2.36. The van der Waals surface area contributed by atoms with E-state index in [1.165, 1.54) is 57.8 Å². The van der Waals surface area contributed by atoms with Gasteiger partial charge in [-0.3, -0.25) is 0 Å². The molecule has 3 unspecified atom stereocenters. The summed E-state index contributed by atoms with van der Waals surface area (Å²) in [5, 5.41) is 0. The van der Waals surface area contributed by atoms with Crippen molar-refractivity contribution in [3.63, 3.8) is 0 Å². The van der Waals surface area contributed by atoms with Crippen molar-refractivity contribution in [3.05, 3.63) is 0 Å². The third-order valence-corrected chi connectivity index (χ3v) is 6.92. The van der Waals surface area contributed by atoms with Gasteiger partial charge < -0.3 is 18.9 Å². The molecule has 4 nitrogen and oxygen atoms in total. The third-order valence-electron chi connectivity index (χ3n) is 6.92. The van der Waals surface area contributed by atoms with E-state index in [0.29, 0.717) is 0 Å². The number of hydrogen-bond acceptors (Lipinski definition) is 4. The molecule has 4 fully saturated rings. The maximum absolute atomic E-state index is 6.43. The summed E-state index contributed by atoms with van der Waals surface area (Å²) >= 11 is 0. The van der Waals surface area contributed by atoms with Crippen molar-refractivity contribution in [2.75, 3.05) is 26.4 Å². The molecule has 0 aromatic carbocycles. The molecule has 0 radical (unpaired) electrons. The molecular formula is C21H36O4. The van der Waals surface area contributed by atoms with E-state index in [1.54, 1.807) is 0 Å². The summed E-state index contributed by atoms with van der Waals surface area (Å²) in [5.74, 6) is 0. The van der Waals surface area contributed by atoms with Crippen LogP contribution in [0.3, 0.4) is 0 Å². The zero-order valence-electron chi connectivity index (χ0n) is 15.8. The van der Waals surface area contributed by atoms with Crippen LogP contribution < -0.4 is 0 Å². The van der Waals surface area contributed by atoms with Crippen LogP contribution in [-0.4, -0.2) is 49.8 Å². The monoisotopic (exact) mass is 352 g/mol. The average molecular weight is 353 g/mol. The van der Waals surface area contributed by atoms with Crippen LogP contribution in [-0.2, 0) is 18.9 Å². The van der Waals surface area contributed by atoms with E-state index < -0.39 is 0 Å². The third kappa shape index (κ3) is 4.40. The molecule has 3 atom stereocenters. The molecule has 0 aromatic heterocycles. The summed E-state index contributed by atoms with van der Waals surface area (Å²) in [6.45, 7) is 3.25. The van der Waals surface area contributed by atoms with Gasteiger partial charge in [-0.25, -0.2) is 0 Å². The summed E-state index contributed by atoms with van der Waals surface area (Å²) < 4.78 is 25.3. The smallest absolute Gasteiger partial charge is 0.0915 e. The maximum atomic E-state index is 6.43. The minimum Gasteiger partial charge on any atom is -0.373 e. The second-order valence-electron chi connectivity index (χ2n) is 8.81. The van der Waals surface area contributed by atoms with Crippen LogP contribution in [0.25, 0.3) is 0 Å². The van der Waals surface area contributed by atoms with Crippen LogP contribution >= 0.6 is 0 Å².